The second-order valence-electron chi connectivity index (χ2n) is 5.32. The highest BCUT2D eigenvalue weighted by Crippen LogP contribution is 2.31. The highest BCUT2D eigenvalue weighted by molar-refractivity contribution is 7.90. The minimum Gasteiger partial charge on any atom is -0.497 e. The van der Waals surface area contributed by atoms with Crippen molar-refractivity contribution in [2.24, 2.45) is 5.92 Å². The van der Waals surface area contributed by atoms with Crippen molar-refractivity contribution in [1.82, 2.24) is 4.72 Å². The SMILES string of the molecule is CCCCS(=O)(=O)NC(=O)[C@H]1COc2cc(OC)ccc2C1. The number of hydrogen-bond donors (Lipinski definition) is 1. The Bertz CT molecular complexity index is 641. The number of sulfonamides is 1. The molecule has 1 aromatic rings. The van der Waals surface area contributed by atoms with Crippen LogP contribution in [0, 0.1) is 5.92 Å². The third kappa shape index (κ3) is 4.13. The van der Waals surface area contributed by atoms with Crippen molar-refractivity contribution in [2.45, 2.75) is 26.2 Å². The highest BCUT2D eigenvalue weighted by atomic mass is 32.2. The Morgan fingerprint density at radius 2 is 2.23 bits per heavy atom. The van der Waals surface area contributed by atoms with Gasteiger partial charge in [0.05, 0.1) is 18.8 Å². The number of rotatable bonds is 6. The van der Waals surface area contributed by atoms with Gasteiger partial charge in [-0.1, -0.05) is 19.4 Å². The van der Waals surface area contributed by atoms with Crippen molar-refractivity contribution in [3.8, 4) is 11.5 Å². The van der Waals surface area contributed by atoms with E-state index in [1.165, 1.54) is 0 Å². The number of amides is 1. The first-order valence-corrected chi connectivity index (χ1v) is 8.94. The number of carbonyl (C=O) groups is 1. The van der Waals surface area contributed by atoms with Gasteiger partial charge in [0.1, 0.15) is 18.1 Å². The lowest BCUT2D eigenvalue weighted by atomic mass is 9.96. The monoisotopic (exact) mass is 327 g/mol. The summed E-state index contributed by atoms with van der Waals surface area (Å²) in [6.45, 7) is 2.06. The van der Waals surface area contributed by atoms with Crippen LogP contribution in [0.25, 0.3) is 0 Å². The van der Waals surface area contributed by atoms with E-state index >= 15 is 0 Å². The van der Waals surface area contributed by atoms with Gasteiger partial charge in [-0.25, -0.2) is 8.42 Å². The number of ether oxygens (including phenoxy) is 2. The van der Waals surface area contributed by atoms with E-state index in [-0.39, 0.29) is 12.4 Å². The molecular weight excluding hydrogens is 306 g/mol. The minimum atomic E-state index is -3.56. The Kier molecular flexibility index (Phi) is 5.28. The van der Waals surface area contributed by atoms with Crippen LogP contribution in [0.1, 0.15) is 25.3 Å². The molecule has 1 aliphatic heterocycles. The van der Waals surface area contributed by atoms with E-state index in [0.717, 1.165) is 12.0 Å². The van der Waals surface area contributed by atoms with E-state index in [2.05, 4.69) is 4.72 Å². The van der Waals surface area contributed by atoms with Gasteiger partial charge in [-0.3, -0.25) is 9.52 Å². The highest BCUT2D eigenvalue weighted by Gasteiger charge is 2.28. The first-order valence-electron chi connectivity index (χ1n) is 7.29. The molecule has 122 valence electrons. The van der Waals surface area contributed by atoms with E-state index in [1.807, 2.05) is 13.0 Å². The summed E-state index contributed by atoms with van der Waals surface area (Å²) in [5.41, 5.74) is 0.873. The lowest BCUT2D eigenvalue weighted by Gasteiger charge is -2.24. The average Bonchev–Trinajstić information content (AvgIpc) is 2.51. The van der Waals surface area contributed by atoms with Crippen LogP contribution in [0.15, 0.2) is 18.2 Å². The van der Waals surface area contributed by atoms with Gasteiger partial charge < -0.3 is 9.47 Å². The summed E-state index contributed by atoms with van der Waals surface area (Å²) in [5, 5.41) is 0. The zero-order chi connectivity index (χ0) is 16.2. The fourth-order valence-electron chi connectivity index (χ4n) is 2.27. The maximum atomic E-state index is 12.1. The summed E-state index contributed by atoms with van der Waals surface area (Å²) in [4.78, 5) is 12.1. The second-order valence-corrected chi connectivity index (χ2v) is 7.17. The van der Waals surface area contributed by atoms with E-state index < -0.39 is 21.8 Å². The Hall–Kier alpha value is -1.76. The molecule has 1 heterocycles. The summed E-state index contributed by atoms with van der Waals surface area (Å²) in [7, 11) is -1.98. The largest absolute Gasteiger partial charge is 0.497 e. The van der Waals surface area contributed by atoms with Crippen LogP contribution in [0.5, 0.6) is 11.5 Å². The van der Waals surface area contributed by atoms with Gasteiger partial charge in [0, 0.05) is 6.07 Å². The molecule has 22 heavy (non-hydrogen) atoms. The molecule has 2 rings (SSSR count). The third-order valence-corrected chi connectivity index (χ3v) is 4.91. The average molecular weight is 327 g/mol. The summed E-state index contributed by atoms with van der Waals surface area (Å²) in [5.74, 6) is 0.326. The maximum Gasteiger partial charge on any atom is 0.240 e. The molecule has 0 saturated carbocycles. The van der Waals surface area contributed by atoms with Crippen LogP contribution in [0.3, 0.4) is 0 Å². The fraction of sp³-hybridized carbons (Fsp3) is 0.533. The number of hydrogen-bond acceptors (Lipinski definition) is 5. The van der Waals surface area contributed by atoms with Gasteiger partial charge in [0.2, 0.25) is 15.9 Å². The molecule has 1 N–H and O–H groups in total. The molecule has 1 aromatic carbocycles. The van der Waals surface area contributed by atoms with Gasteiger partial charge in [-0.15, -0.1) is 0 Å². The van der Waals surface area contributed by atoms with Crippen molar-refractivity contribution >= 4 is 15.9 Å². The zero-order valence-electron chi connectivity index (χ0n) is 12.8. The van der Waals surface area contributed by atoms with Crippen LogP contribution < -0.4 is 14.2 Å². The van der Waals surface area contributed by atoms with Gasteiger partial charge in [0.25, 0.3) is 0 Å². The topological polar surface area (TPSA) is 81.7 Å². The molecular formula is C15H21NO5S. The number of fused-ring (bicyclic) bond motifs is 1. The summed E-state index contributed by atoms with van der Waals surface area (Å²) in [6.07, 6.45) is 1.75. The molecule has 7 heteroatoms. The standard InChI is InChI=1S/C15H21NO5S/c1-3-4-7-22(18,19)16-15(17)12-8-11-5-6-13(20-2)9-14(11)21-10-12/h5-6,9,12H,3-4,7-8,10H2,1-2H3,(H,16,17)/t12-/m1/s1. The van der Waals surface area contributed by atoms with E-state index in [0.29, 0.717) is 24.3 Å². The molecule has 6 nitrogen and oxygen atoms in total. The fourth-order valence-corrected chi connectivity index (χ4v) is 3.51. The summed E-state index contributed by atoms with van der Waals surface area (Å²) in [6, 6.07) is 5.39. The number of unbranched alkanes of at least 4 members (excludes halogenated alkanes) is 1. The van der Waals surface area contributed by atoms with E-state index in [4.69, 9.17) is 9.47 Å². The number of nitrogens with one attached hydrogen (secondary N) is 1. The zero-order valence-corrected chi connectivity index (χ0v) is 13.6. The smallest absolute Gasteiger partial charge is 0.240 e. The molecule has 0 aliphatic carbocycles. The Balaban J connectivity index is 2.01. The van der Waals surface area contributed by atoms with Crippen LogP contribution in [-0.2, 0) is 21.2 Å². The molecule has 0 saturated heterocycles. The van der Waals surface area contributed by atoms with Gasteiger partial charge >= 0.3 is 0 Å². The van der Waals surface area contributed by atoms with Crippen molar-refractivity contribution < 1.29 is 22.7 Å². The number of carbonyl (C=O) groups excluding carboxylic acids is 1. The predicted molar refractivity (Wildman–Crippen MR) is 82.5 cm³/mol. The normalized spacial score (nSPS) is 17.3. The Morgan fingerprint density at radius 3 is 2.91 bits per heavy atom. The summed E-state index contributed by atoms with van der Waals surface area (Å²) < 4.78 is 36.4. The molecule has 1 amide bonds. The molecule has 1 aliphatic rings. The van der Waals surface area contributed by atoms with E-state index in [1.54, 1.807) is 19.2 Å². The van der Waals surface area contributed by atoms with Crippen LogP contribution in [0.4, 0.5) is 0 Å². The van der Waals surface area contributed by atoms with Crippen molar-refractivity contribution in [2.75, 3.05) is 19.5 Å². The maximum absolute atomic E-state index is 12.1. The molecule has 0 aromatic heterocycles. The molecule has 1 atom stereocenters. The minimum absolute atomic E-state index is 0.0311. The molecule has 0 bridgehead atoms. The summed E-state index contributed by atoms with van der Waals surface area (Å²) >= 11 is 0. The Labute approximate surface area is 130 Å². The van der Waals surface area contributed by atoms with Crippen LogP contribution >= 0.6 is 0 Å². The number of methoxy groups -OCH3 is 1. The first kappa shape index (κ1) is 16.6. The lowest BCUT2D eigenvalue weighted by Crippen LogP contribution is -2.41. The van der Waals surface area contributed by atoms with Gasteiger partial charge in [0.15, 0.2) is 0 Å². The van der Waals surface area contributed by atoms with Crippen LogP contribution in [-0.4, -0.2) is 33.8 Å². The first-order chi connectivity index (χ1) is 10.4. The Morgan fingerprint density at radius 1 is 1.45 bits per heavy atom. The van der Waals surface area contributed by atoms with Gasteiger partial charge in [-0.2, -0.15) is 0 Å². The van der Waals surface area contributed by atoms with Crippen molar-refractivity contribution in [1.29, 1.82) is 0 Å². The van der Waals surface area contributed by atoms with Crippen molar-refractivity contribution in [3.63, 3.8) is 0 Å². The molecule has 0 spiro atoms. The quantitative estimate of drug-likeness (QED) is 0.856. The molecule has 0 unspecified atom stereocenters. The van der Waals surface area contributed by atoms with E-state index in [9.17, 15) is 13.2 Å². The second kappa shape index (κ2) is 7.00. The van der Waals surface area contributed by atoms with Crippen molar-refractivity contribution in [3.05, 3.63) is 23.8 Å². The van der Waals surface area contributed by atoms with Gasteiger partial charge in [-0.05, 0) is 24.5 Å². The third-order valence-electron chi connectivity index (χ3n) is 3.57. The van der Waals surface area contributed by atoms with Crippen LogP contribution in [0.2, 0.25) is 0 Å². The number of benzene rings is 1. The predicted octanol–water partition coefficient (Wildman–Crippen LogP) is 1.49. The molecule has 0 radical (unpaired) electrons. The lowest BCUT2D eigenvalue weighted by molar-refractivity contribution is -0.124. The molecule has 0 fully saturated rings.